The second-order valence-electron chi connectivity index (χ2n) is 7.64. The van der Waals surface area contributed by atoms with E-state index in [1.165, 1.54) is 12.1 Å². The summed E-state index contributed by atoms with van der Waals surface area (Å²) in [5.41, 5.74) is 3.52. The van der Waals surface area contributed by atoms with Gasteiger partial charge in [0, 0.05) is 23.5 Å². The summed E-state index contributed by atoms with van der Waals surface area (Å²) < 4.78 is 34.0. The molecule has 0 amide bonds. The predicted molar refractivity (Wildman–Crippen MR) is 124 cm³/mol. The van der Waals surface area contributed by atoms with Crippen LogP contribution in [0, 0.1) is 6.92 Å². The highest BCUT2D eigenvalue weighted by Crippen LogP contribution is 2.21. The van der Waals surface area contributed by atoms with E-state index in [0.29, 0.717) is 0 Å². The standard InChI is InChI=1S/C25H24N2O4S/c1-18-11-13-21(14-12-18)32(29,30)27-24(25(28)31-17-19-7-3-2-4-8-19)15-20-16-26-23-10-6-5-9-22(20)23/h2-14,16,24,26-27H,15,17H2,1H3. The van der Waals surface area contributed by atoms with E-state index in [4.69, 9.17) is 4.74 Å². The number of ether oxygens (including phenoxy) is 1. The van der Waals surface area contributed by atoms with Crippen LogP contribution in [-0.2, 0) is 32.6 Å². The van der Waals surface area contributed by atoms with E-state index in [0.717, 1.165) is 27.6 Å². The van der Waals surface area contributed by atoms with Crippen LogP contribution in [0.2, 0.25) is 0 Å². The van der Waals surface area contributed by atoms with Gasteiger partial charge in [0.1, 0.15) is 12.6 Å². The average Bonchev–Trinajstić information content (AvgIpc) is 3.21. The van der Waals surface area contributed by atoms with Gasteiger partial charge < -0.3 is 9.72 Å². The molecular weight excluding hydrogens is 424 g/mol. The molecule has 0 spiro atoms. The number of carbonyl (C=O) groups is 1. The Kier molecular flexibility index (Phi) is 6.39. The van der Waals surface area contributed by atoms with Crippen molar-refractivity contribution in [3.8, 4) is 0 Å². The molecule has 0 saturated carbocycles. The first-order valence-corrected chi connectivity index (χ1v) is 11.8. The number of aromatic nitrogens is 1. The molecule has 2 N–H and O–H groups in total. The van der Waals surface area contributed by atoms with Gasteiger partial charge in [-0.1, -0.05) is 66.2 Å². The van der Waals surface area contributed by atoms with Crippen molar-refractivity contribution in [3.63, 3.8) is 0 Å². The monoisotopic (exact) mass is 448 g/mol. The van der Waals surface area contributed by atoms with Crippen LogP contribution in [0.3, 0.4) is 0 Å². The van der Waals surface area contributed by atoms with Crippen molar-refractivity contribution >= 4 is 26.9 Å². The van der Waals surface area contributed by atoms with E-state index < -0.39 is 22.0 Å². The normalized spacial score (nSPS) is 12.5. The number of fused-ring (bicyclic) bond motifs is 1. The molecule has 7 heteroatoms. The summed E-state index contributed by atoms with van der Waals surface area (Å²) in [6.45, 7) is 1.95. The Morgan fingerprint density at radius 3 is 2.41 bits per heavy atom. The van der Waals surface area contributed by atoms with Crippen molar-refractivity contribution in [2.45, 2.75) is 30.9 Å². The highest BCUT2D eigenvalue weighted by atomic mass is 32.2. The number of aromatic amines is 1. The summed E-state index contributed by atoms with van der Waals surface area (Å²) in [4.78, 5) is 16.2. The van der Waals surface area contributed by atoms with Gasteiger partial charge in [-0.15, -0.1) is 0 Å². The molecule has 1 unspecified atom stereocenters. The summed E-state index contributed by atoms with van der Waals surface area (Å²) in [5.74, 6) is -0.630. The third-order valence-electron chi connectivity index (χ3n) is 5.24. The van der Waals surface area contributed by atoms with Crippen molar-refractivity contribution in [2.24, 2.45) is 0 Å². The molecule has 3 aromatic carbocycles. The number of para-hydroxylation sites is 1. The Morgan fingerprint density at radius 2 is 1.66 bits per heavy atom. The van der Waals surface area contributed by atoms with Gasteiger partial charge in [0.05, 0.1) is 4.90 Å². The zero-order valence-electron chi connectivity index (χ0n) is 17.6. The molecule has 32 heavy (non-hydrogen) atoms. The number of nitrogens with one attached hydrogen (secondary N) is 2. The van der Waals surface area contributed by atoms with Crippen LogP contribution in [0.1, 0.15) is 16.7 Å². The number of hydrogen-bond acceptors (Lipinski definition) is 4. The number of esters is 1. The molecule has 1 atom stereocenters. The number of sulfonamides is 1. The van der Waals surface area contributed by atoms with Gasteiger partial charge >= 0.3 is 5.97 Å². The van der Waals surface area contributed by atoms with Crippen molar-refractivity contribution < 1.29 is 17.9 Å². The van der Waals surface area contributed by atoms with Crippen molar-refractivity contribution in [3.05, 3.63) is 102 Å². The molecule has 164 valence electrons. The number of H-pyrrole nitrogens is 1. The number of rotatable bonds is 8. The maximum atomic E-state index is 13.0. The van der Waals surface area contributed by atoms with Gasteiger partial charge in [-0.3, -0.25) is 4.79 Å². The Hall–Kier alpha value is -3.42. The average molecular weight is 449 g/mol. The van der Waals surface area contributed by atoms with Crippen LogP contribution in [0.4, 0.5) is 0 Å². The van der Waals surface area contributed by atoms with E-state index in [-0.39, 0.29) is 17.9 Å². The van der Waals surface area contributed by atoms with E-state index in [9.17, 15) is 13.2 Å². The SMILES string of the molecule is Cc1ccc(S(=O)(=O)NC(Cc2c[nH]c3ccccc23)C(=O)OCc2ccccc2)cc1. The third-order valence-corrected chi connectivity index (χ3v) is 6.72. The molecule has 0 aliphatic carbocycles. The lowest BCUT2D eigenvalue weighted by molar-refractivity contribution is -0.147. The van der Waals surface area contributed by atoms with E-state index in [2.05, 4.69) is 9.71 Å². The lowest BCUT2D eigenvalue weighted by Gasteiger charge is -2.18. The lowest BCUT2D eigenvalue weighted by Crippen LogP contribution is -2.43. The molecule has 1 heterocycles. The molecular formula is C25H24N2O4S. The summed E-state index contributed by atoms with van der Waals surface area (Å²) in [5, 5.41) is 0.933. The predicted octanol–water partition coefficient (Wildman–Crippen LogP) is 4.11. The Balaban J connectivity index is 1.59. The van der Waals surface area contributed by atoms with Gasteiger partial charge in [0.15, 0.2) is 0 Å². The van der Waals surface area contributed by atoms with Crippen LogP contribution in [0.5, 0.6) is 0 Å². The van der Waals surface area contributed by atoms with E-state index in [1.807, 2.05) is 61.5 Å². The van der Waals surface area contributed by atoms with E-state index in [1.54, 1.807) is 18.3 Å². The first kappa shape index (κ1) is 21.8. The quantitative estimate of drug-likeness (QED) is 0.397. The molecule has 0 bridgehead atoms. The largest absolute Gasteiger partial charge is 0.460 e. The van der Waals surface area contributed by atoms with Crippen molar-refractivity contribution in [1.82, 2.24) is 9.71 Å². The van der Waals surface area contributed by atoms with Crippen LogP contribution in [0.15, 0.2) is 90.0 Å². The Labute approximate surface area is 187 Å². The Bertz CT molecular complexity index is 1310. The highest BCUT2D eigenvalue weighted by molar-refractivity contribution is 7.89. The number of aryl methyl sites for hydroxylation is 1. The summed E-state index contributed by atoms with van der Waals surface area (Å²) >= 11 is 0. The van der Waals surface area contributed by atoms with Gasteiger partial charge in [-0.05, 0) is 36.2 Å². The first-order chi connectivity index (χ1) is 15.4. The van der Waals surface area contributed by atoms with Gasteiger partial charge in [-0.25, -0.2) is 8.42 Å². The summed E-state index contributed by atoms with van der Waals surface area (Å²) in [6.07, 6.45) is 1.95. The van der Waals surface area contributed by atoms with Gasteiger partial charge in [-0.2, -0.15) is 4.72 Å². The first-order valence-electron chi connectivity index (χ1n) is 10.3. The van der Waals surface area contributed by atoms with Crippen molar-refractivity contribution in [1.29, 1.82) is 0 Å². The second kappa shape index (κ2) is 9.38. The molecule has 4 rings (SSSR count). The summed E-state index contributed by atoms with van der Waals surface area (Å²) in [6, 6.07) is 22.4. The topological polar surface area (TPSA) is 88.3 Å². The smallest absolute Gasteiger partial charge is 0.324 e. The highest BCUT2D eigenvalue weighted by Gasteiger charge is 2.28. The molecule has 0 aliphatic heterocycles. The molecule has 1 aromatic heterocycles. The minimum Gasteiger partial charge on any atom is -0.460 e. The molecule has 0 saturated heterocycles. The fourth-order valence-corrected chi connectivity index (χ4v) is 4.68. The lowest BCUT2D eigenvalue weighted by atomic mass is 10.1. The molecule has 0 fully saturated rings. The zero-order chi connectivity index (χ0) is 22.6. The number of hydrogen-bond donors (Lipinski definition) is 2. The van der Waals surface area contributed by atoms with Crippen LogP contribution < -0.4 is 4.72 Å². The fraction of sp³-hybridized carbons (Fsp3) is 0.160. The molecule has 0 aliphatic rings. The maximum Gasteiger partial charge on any atom is 0.324 e. The molecule has 0 radical (unpaired) electrons. The third kappa shape index (κ3) is 5.07. The maximum absolute atomic E-state index is 13.0. The second-order valence-corrected chi connectivity index (χ2v) is 9.36. The minimum atomic E-state index is -3.92. The number of benzene rings is 3. The summed E-state index contributed by atoms with van der Waals surface area (Å²) in [7, 11) is -3.92. The number of carbonyl (C=O) groups excluding carboxylic acids is 1. The molecule has 4 aromatic rings. The van der Waals surface area contributed by atoms with Gasteiger partial charge in [0.2, 0.25) is 10.0 Å². The molecule has 6 nitrogen and oxygen atoms in total. The Morgan fingerprint density at radius 1 is 0.969 bits per heavy atom. The zero-order valence-corrected chi connectivity index (χ0v) is 18.4. The van der Waals surface area contributed by atoms with Crippen LogP contribution in [-0.4, -0.2) is 25.4 Å². The van der Waals surface area contributed by atoms with Crippen LogP contribution in [0.25, 0.3) is 10.9 Å². The van der Waals surface area contributed by atoms with Crippen LogP contribution >= 0.6 is 0 Å². The fourth-order valence-electron chi connectivity index (χ4n) is 3.50. The van der Waals surface area contributed by atoms with Crippen molar-refractivity contribution in [2.75, 3.05) is 0 Å². The van der Waals surface area contributed by atoms with Gasteiger partial charge in [0.25, 0.3) is 0 Å². The minimum absolute atomic E-state index is 0.0658. The van der Waals surface area contributed by atoms with E-state index >= 15 is 0 Å².